The number of benzene rings is 3. The zero-order valence-electron chi connectivity index (χ0n) is 19.9. The van der Waals surface area contributed by atoms with Crippen LogP contribution in [0, 0.1) is 0 Å². The Balaban J connectivity index is 1.29. The number of carbonyl (C=O) groups is 1. The highest BCUT2D eigenvalue weighted by atomic mass is 16.5. The van der Waals surface area contributed by atoms with Gasteiger partial charge >= 0.3 is 0 Å². The second-order valence-electron chi connectivity index (χ2n) is 8.34. The Hall–Kier alpha value is -3.86. The van der Waals surface area contributed by atoms with Crippen LogP contribution in [0.1, 0.15) is 44.2 Å². The Bertz CT molecular complexity index is 1170. The first-order chi connectivity index (χ1) is 16.5. The van der Waals surface area contributed by atoms with Crippen LogP contribution in [0.15, 0.2) is 89.5 Å². The zero-order chi connectivity index (χ0) is 23.9. The molecule has 0 unspecified atom stereocenters. The van der Waals surface area contributed by atoms with Crippen molar-refractivity contribution in [3.05, 3.63) is 95.6 Å². The van der Waals surface area contributed by atoms with Gasteiger partial charge in [-0.15, -0.1) is 0 Å². The third-order valence-electron chi connectivity index (χ3n) is 5.94. The van der Waals surface area contributed by atoms with Crippen LogP contribution >= 0.6 is 0 Å². The number of hydrazone groups is 1. The summed E-state index contributed by atoms with van der Waals surface area (Å²) in [6.07, 6.45) is 2.99. The Morgan fingerprint density at radius 2 is 1.47 bits per heavy atom. The molecule has 1 heterocycles. The predicted molar refractivity (Wildman–Crippen MR) is 138 cm³/mol. The minimum atomic E-state index is -0.127. The molecule has 5 nitrogen and oxygen atoms in total. The first kappa shape index (κ1) is 23.3. The van der Waals surface area contributed by atoms with Crippen molar-refractivity contribution in [3.8, 4) is 11.5 Å². The van der Waals surface area contributed by atoms with E-state index in [1.54, 1.807) is 0 Å². The third-order valence-corrected chi connectivity index (χ3v) is 5.94. The van der Waals surface area contributed by atoms with Crippen LogP contribution in [-0.4, -0.2) is 24.8 Å². The summed E-state index contributed by atoms with van der Waals surface area (Å²) in [6.45, 7) is 7.18. The summed E-state index contributed by atoms with van der Waals surface area (Å²) in [4.78, 5) is 12.9. The van der Waals surface area contributed by atoms with Crippen molar-refractivity contribution < 1.29 is 14.3 Å². The average Bonchev–Trinajstić information content (AvgIpc) is 3.16. The van der Waals surface area contributed by atoms with Crippen LogP contribution in [0.5, 0.6) is 11.5 Å². The fourth-order valence-electron chi connectivity index (χ4n) is 3.70. The molecule has 34 heavy (non-hydrogen) atoms. The standard InChI is InChI=1S/C29H30N2O3/c1-4-21(2)24-12-16-27(17-13-24)34-19-18-33-26-14-10-23(11-15-26)20-28-22(3)30-31(29(28)32)25-8-6-5-7-9-25/h5-17,20-21H,4,18-19H2,1-3H3/b28-20+/t21-/m0/s1. The average molecular weight is 455 g/mol. The fraction of sp³-hybridized carbons (Fsp3) is 0.241. The van der Waals surface area contributed by atoms with Gasteiger partial charge in [-0.1, -0.05) is 56.3 Å². The molecule has 0 N–H and O–H groups in total. The molecule has 174 valence electrons. The molecule has 0 saturated heterocycles. The highest BCUT2D eigenvalue weighted by Gasteiger charge is 2.28. The number of rotatable bonds is 9. The maximum atomic E-state index is 12.9. The molecule has 0 saturated carbocycles. The van der Waals surface area contributed by atoms with Crippen molar-refractivity contribution in [2.45, 2.75) is 33.1 Å². The molecule has 1 atom stereocenters. The van der Waals surface area contributed by atoms with Crippen molar-refractivity contribution in [3.63, 3.8) is 0 Å². The van der Waals surface area contributed by atoms with Gasteiger partial charge < -0.3 is 9.47 Å². The summed E-state index contributed by atoms with van der Waals surface area (Å²) in [5, 5.41) is 5.86. The van der Waals surface area contributed by atoms with Crippen molar-refractivity contribution in [2.24, 2.45) is 5.10 Å². The van der Waals surface area contributed by atoms with E-state index in [2.05, 4.69) is 31.1 Å². The van der Waals surface area contributed by atoms with E-state index in [0.29, 0.717) is 30.4 Å². The van der Waals surface area contributed by atoms with Crippen molar-refractivity contribution >= 4 is 23.4 Å². The van der Waals surface area contributed by atoms with Crippen molar-refractivity contribution in [1.82, 2.24) is 0 Å². The lowest BCUT2D eigenvalue weighted by Gasteiger charge is -2.11. The predicted octanol–water partition coefficient (Wildman–Crippen LogP) is 6.46. The van der Waals surface area contributed by atoms with E-state index in [0.717, 1.165) is 29.2 Å². The molecule has 0 radical (unpaired) electrons. The summed E-state index contributed by atoms with van der Waals surface area (Å²) in [5.41, 5.74) is 4.29. The minimum absolute atomic E-state index is 0.127. The van der Waals surface area contributed by atoms with Gasteiger partial charge in [0.1, 0.15) is 24.7 Å². The number of anilines is 1. The third kappa shape index (κ3) is 5.54. The van der Waals surface area contributed by atoms with Crippen LogP contribution in [0.25, 0.3) is 6.08 Å². The Morgan fingerprint density at radius 1 is 0.882 bits per heavy atom. The van der Waals surface area contributed by atoms with Gasteiger partial charge in [-0.3, -0.25) is 4.79 Å². The first-order valence-corrected chi connectivity index (χ1v) is 11.7. The maximum Gasteiger partial charge on any atom is 0.280 e. The van der Waals surface area contributed by atoms with Crippen LogP contribution in [-0.2, 0) is 4.79 Å². The van der Waals surface area contributed by atoms with Gasteiger partial charge in [-0.05, 0) is 72.9 Å². The molecule has 0 bridgehead atoms. The molecule has 0 aromatic heterocycles. The van der Waals surface area contributed by atoms with Gasteiger partial charge in [-0.2, -0.15) is 10.1 Å². The second kappa shape index (κ2) is 10.8. The molecule has 3 aromatic rings. The zero-order valence-corrected chi connectivity index (χ0v) is 19.9. The molecule has 0 fully saturated rings. The van der Waals surface area contributed by atoms with Gasteiger partial charge in [-0.25, -0.2) is 0 Å². The summed E-state index contributed by atoms with van der Waals surface area (Å²) in [6, 6.07) is 25.4. The van der Waals surface area contributed by atoms with Gasteiger partial charge in [0.25, 0.3) is 5.91 Å². The van der Waals surface area contributed by atoms with Crippen LogP contribution in [0.3, 0.4) is 0 Å². The first-order valence-electron chi connectivity index (χ1n) is 11.7. The van der Waals surface area contributed by atoms with Crippen molar-refractivity contribution in [1.29, 1.82) is 0 Å². The number of amides is 1. The summed E-state index contributed by atoms with van der Waals surface area (Å²) < 4.78 is 11.6. The van der Waals surface area contributed by atoms with Crippen LogP contribution < -0.4 is 14.5 Å². The van der Waals surface area contributed by atoms with E-state index >= 15 is 0 Å². The molecular formula is C29H30N2O3. The number of hydrogen-bond donors (Lipinski definition) is 0. The number of para-hydroxylation sites is 1. The maximum absolute atomic E-state index is 12.9. The topological polar surface area (TPSA) is 51.1 Å². The van der Waals surface area contributed by atoms with Crippen molar-refractivity contribution in [2.75, 3.05) is 18.2 Å². The largest absolute Gasteiger partial charge is 0.490 e. The summed E-state index contributed by atoms with van der Waals surface area (Å²) >= 11 is 0. The van der Waals surface area contributed by atoms with Crippen LogP contribution in [0.4, 0.5) is 5.69 Å². The number of carbonyl (C=O) groups excluding carboxylic acids is 1. The van der Waals surface area contributed by atoms with Gasteiger partial charge in [0, 0.05) is 0 Å². The molecule has 1 aliphatic heterocycles. The monoisotopic (exact) mass is 454 g/mol. The SMILES string of the molecule is CC[C@H](C)c1ccc(OCCOc2ccc(/C=C3/C(=O)N(c4ccccc4)N=C3C)cc2)cc1. The molecule has 5 heteroatoms. The Morgan fingerprint density at radius 3 is 2.06 bits per heavy atom. The van der Waals surface area contributed by atoms with Gasteiger partial charge in [0.05, 0.1) is 17.0 Å². The van der Waals surface area contributed by atoms with E-state index in [1.807, 2.05) is 79.7 Å². The lowest BCUT2D eigenvalue weighted by Crippen LogP contribution is -2.21. The van der Waals surface area contributed by atoms with E-state index in [4.69, 9.17) is 9.47 Å². The second-order valence-corrected chi connectivity index (χ2v) is 8.34. The van der Waals surface area contributed by atoms with Gasteiger partial charge in [0.15, 0.2) is 0 Å². The van der Waals surface area contributed by atoms with Gasteiger partial charge in [0.2, 0.25) is 0 Å². The molecule has 4 rings (SSSR count). The van der Waals surface area contributed by atoms with E-state index in [9.17, 15) is 4.79 Å². The van der Waals surface area contributed by atoms with E-state index < -0.39 is 0 Å². The van der Waals surface area contributed by atoms with E-state index in [-0.39, 0.29) is 5.91 Å². The number of ether oxygens (including phenoxy) is 2. The van der Waals surface area contributed by atoms with Crippen LogP contribution in [0.2, 0.25) is 0 Å². The minimum Gasteiger partial charge on any atom is -0.490 e. The quantitative estimate of drug-likeness (QED) is 0.275. The normalized spacial score (nSPS) is 15.4. The molecule has 0 aliphatic carbocycles. The smallest absolute Gasteiger partial charge is 0.280 e. The number of hydrogen-bond acceptors (Lipinski definition) is 4. The summed E-state index contributed by atoms with van der Waals surface area (Å²) in [5.74, 6) is 2.03. The molecule has 3 aromatic carbocycles. The fourth-order valence-corrected chi connectivity index (χ4v) is 3.70. The lowest BCUT2D eigenvalue weighted by atomic mass is 9.99. The molecular weight excluding hydrogens is 424 g/mol. The highest BCUT2D eigenvalue weighted by molar-refractivity contribution is 6.32. The lowest BCUT2D eigenvalue weighted by molar-refractivity contribution is -0.114. The Kier molecular flexibility index (Phi) is 7.43. The van der Waals surface area contributed by atoms with E-state index in [1.165, 1.54) is 10.6 Å². The molecule has 1 amide bonds. The molecule has 1 aliphatic rings. The highest BCUT2D eigenvalue weighted by Crippen LogP contribution is 2.25. The molecule has 0 spiro atoms. The summed E-state index contributed by atoms with van der Waals surface area (Å²) in [7, 11) is 0. The number of nitrogens with zero attached hydrogens (tertiary/aromatic N) is 2. The Labute approximate surface area is 201 Å².